The van der Waals surface area contributed by atoms with E-state index in [9.17, 15) is 14.7 Å². The summed E-state index contributed by atoms with van der Waals surface area (Å²) in [6.07, 6.45) is 1.61. The highest BCUT2D eigenvalue weighted by Gasteiger charge is 2.23. The van der Waals surface area contributed by atoms with Gasteiger partial charge in [0.1, 0.15) is 0 Å². The number of aliphatic hydroxyl groups is 1. The molecule has 0 radical (unpaired) electrons. The second-order valence-corrected chi connectivity index (χ2v) is 4.77. The molecule has 1 aromatic rings. The Kier molecular flexibility index (Phi) is 5.72. The van der Waals surface area contributed by atoms with Crippen LogP contribution in [-0.2, 0) is 9.59 Å². The van der Waals surface area contributed by atoms with Crippen LogP contribution in [0.1, 0.15) is 12.5 Å². The third-order valence-corrected chi connectivity index (χ3v) is 3.09. The minimum absolute atomic E-state index is 0.580. The molecule has 0 spiro atoms. The molecule has 6 heteroatoms. The van der Waals surface area contributed by atoms with Crippen LogP contribution >= 0.6 is 15.9 Å². The van der Waals surface area contributed by atoms with Gasteiger partial charge < -0.3 is 15.5 Å². The molecule has 0 aliphatic heterocycles. The highest BCUT2D eigenvalue weighted by atomic mass is 79.9. The second-order valence-electron chi connectivity index (χ2n) is 3.92. The lowest BCUT2D eigenvalue weighted by atomic mass is 10.1. The van der Waals surface area contributed by atoms with Crippen LogP contribution in [0.25, 0.3) is 6.08 Å². The first-order valence-electron chi connectivity index (χ1n) is 5.56. The van der Waals surface area contributed by atoms with E-state index < -0.39 is 24.0 Å². The van der Waals surface area contributed by atoms with Gasteiger partial charge in [0.15, 0.2) is 6.04 Å². The fourth-order valence-electron chi connectivity index (χ4n) is 1.37. The normalized spacial score (nSPS) is 14.1. The molecular formula is C13H14BrNO4. The van der Waals surface area contributed by atoms with Crippen molar-refractivity contribution in [2.24, 2.45) is 0 Å². The standard InChI is InChI=1S/C13H14BrNO4/c1-8(16)12(13(18)19)15-11(17)7-6-9-4-2-3-5-10(9)14/h2-8,12,16H,1H3,(H,15,17)(H,18,19)/b7-6+. The molecule has 0 heterocycles. The molecular weight excluding hydrogens is 314 g/mol. The Morgan fingerprint density at radius 2 is 2.00 bits per heavy atom. The summed E-state index contributed by atoms with van der Waals surface area (Å²) in [6.45, 7) is 1.30. The molecule has 1 aromatic carbocycles. The molecule has 0 aromatic heterocycles. The van der Waals surface area contributed by atoms with Gasteiger partial charge in [-0.05, 0) is 24.6 Å². The van der Waals surface area contributed by atoms with Crippen molar-refractivity contribution in [3.8, 4) is 0 Å². The van der Waals surface area contributed by atoms with Crippen LogP contribution in [0.3, 0.4) is 0 Å². The summed E-state index contributed by atoms with van der Waals surface area (Å²) in [7, 11) is 0. The van der Waals surface area contributed by atoms with Gasteiger partial charge in [0.05, 0.1) is 6.10 Å². The Balaban J connectivity index is 2.70. The number of hydrogen-bond acceptors (Lipinski definition) is 3. The van der Waals surface area contributed by atoms with Crippen molar-refractivity contribution in [3.63, 3.8) is 0 Å². The predicted molar refractivity (Wildman–Crippen MR) is 74.4 cm³/mol. The molecule has 102 valence electrons. The number of carbonyl (C=O) groups is 2. The van der Waals surface area contributed by atoms with Crippen molar-refractivity contribution in [2.75, 3.05) is 0 Å². The Hall–Kier alpha value is -1.66. The van der Waals surface area contributed by atoms with Gasteiger partial charge in [-0.1, -0.05) is 34.1 Å². The maximum absolute atomic E-state index is 11.6. The van der Waals surface area contributed by atoms with E-state index in [1.807, 2.05) is 18.2 Å². The summed E-state index contributed by atoms with van der Waals surface area (Å²) in [5.74, 6) is -1.86. The van der Waals surface area contributed by atoms with E-state index >= 15 is 0 Å². The van der Waals surface area contributed by atoms with E-state index in [1.54, 1.807) is 12.1 Å². The topological polar surface area (TPSA) is 86.6 Å². The summed E-state index contributed by atoms with van der Waals surface area (Å²) in [5, 5.41) is 20.3. The number of aliphatic hydroxyl groups excluding tert-OH is 1. The van der Waals surface area contributed by atoms with Gasteiger partial charge in [0.25, 0.3) is 0 Å². The Bertz CT molecular complexity index is 499. The number of carboxylic acids is 1. The van der Waals surface area contributed by atoms with Gasteiger partial charge in [-0.2, -0.15) is 0 Å². The molecule has 2 atom stereocenters. The van der Waals surface area contributed by atoms with Gasteiger partial charge >= 0.3 is 5.97 Å². The minimum Gasteiger partial charge on any atom is -0.480 e. The van der Waals surface area contributed by atoms with Gasteiger partial charge in [-0.3, -0.25) is 4.79 Å². The van der Waals surface area contributed by atoms with Crippen molar-refractivity contribution in [3.05, 3.63) is 40.4 Å². The smallest absolute Gasteiger partial charge is 0.328 e. The highest BCUT2D eigenvalue weighted by Crippen LogP contribution is 2.16. The molecule has 3 N–H and O–H groups in total. The zero-order chi connectivity index (χ0) is 14.4. The SMILES string of the molecule is CC(O)C(NC(=O)/C=C/c1ccccc1Br)C(=O)O. The molecule has 1 amide bonds. The summed E-state index contributed by atoms with van der Waals surface area (Å²) in [5.41, 5.74) is 0.793. The monoisotopic (exact) mass is 327 g/mol. The van der Waals surface area contributed by atoms with Crippen molar-refractivity contribution in [1.29, 1.82) is 0 Å². The number of nitrogens with one attached hydrogen (secondary N) is 1. The molecule has 0 saturated carbocycles. The van der Waals surface area contributed by atoms with Crippen LogP contribution in [-0.4, -0.2) is 34.2 Å². The first-order valence-corrected chi connectivity index (χ1v) is 6.35. The van der Waals surface area contributed by atoms with Crippen molar-refractivity contribution < 1.29 is 19.8 Å². The van der Waals surface area contributed by atoms with E-state index in [0.29, 0.717) is 0 Å². The molecule has 0 aliphatic rings. The zero-order valence-electron chi connectivity index (χ0n) is 10.2. The molecule has 0 aliphatic carbocycles. The first-order chi connectivity index (χ1) is 8.91. The fraction of sp³-hybridized carbons (Fsp3) is 0.231. The summed E-state index contributed by atoms with van der Waals surface area (Å²) < 4.78 is 0.823. The second kappa shape index (κ2) is 7.06. The summed E-state index contributed by atoms with van der Waals surface area (Å²) >= 11 is 3.33. The van der Waals surface area contributed by atoms with Gasteiger partial charge in [-0.15, -0.1) is 0 Å². The zero-order valence-corrected chi connectivity index (χ0v) is 11.8. The number of rotatable bonds is 5. The van der Waals surface area contributed by atoms with E-state index in [0.717, 1.165) is 10.0 Å². The number of benzene rings is 1. The summed E-state index contributed by atoms with van der Waals surface area (Å²) in [6, 6.07) is 5.97. The van der Waals surface area contributed by atoms with Crippen LogP contribution in [0.2, 0.25) is 0 Å². The highest BCUT2D eigenvalue weighted by molar-refractivity contribution is 9.10. The quantitative estimate of drug-likeness (QED) is 0.714. The number of aliphatic carboxylic acids is 1. The van der Waals surface area contributed by atoms with Gasteiger partial charge in [0.2, 0.25) is 5.91 Å². The average molecular weight is 328 g/mol. The minimum atomic E-state index is -1.32. The molecule has 0 saturated heterocycles. The van der Waals surface area contributed by atoms with E-state index in [-0.39, 0.29) is 0 Å². The lowest BCUT2D eigenvalue weighted by molar-refractivity contribution is -0.144. The van der Waals surface area contributed by atoms with Crippen LogP contribution in [0.5, 0.6) is 0 Å². The lowest BCUT2D eigenvalue weighted by Gasteiger charge is -2.15. The van der Waals surface area contributed by atoms with Crippen LogP contribution in [0.4, 0.5) is 0 Å². The van der Waals surface area contributed by atoms with Crippen LogP contribution in [0, 0.1) is 0 Å². The van der Waals surface area contributed by atoms with Gasteiger partial charge in [-0.25, -0.2) is 4.79 Å². The van der Waals surface area contributed by atoms with Gasteiger partial charge in [0, 0.05) is 10.5 Å². The van der Waals surface area contributed by atoms with Crippen molar-refractivity contribution in [1.82, 2.24) is 5.32 Å². The van der Waals surface area contributed by atoms with E-state index in [1.165, 1.54) is 13.0 Å². The van der Waals surface area contributed by atoms with Crippen molar-refractivity contribution >= 4 is 33.9 Å². The maximum Gasteiger partial charge on any atom is 0.328 e. The Morgan fingerprint density at radius 3 is 2.53 bits per heavy atom. The molecule has 19 heavy (non-hydrogen) atoms. The first kappa shape index (κ1) is 15.4. The predicted octanol–water partition coefficient (Wildman–Crippen LogP) is 1.41. The molecule has 2 unspecified atom stereocenters. The fourth-order valence-corrected chi connectivity index (χ4v) is 1.78. The molecule has 0 fully saturated rings. The maximum atomic E-state index is 11.6. The lowest BCUT2D eigenvalue weighted by Crippen LogP contribution is -2.47. The van der Waals surface area contributed by atoms with Crippen molar-refractivity contribution in [2.45, 2.75) is 19.1 Å². The third kappa shape index (κ3) is 4.84. The van der Waals surface area contributed by atoms with Crippen LogP contribution in [0.15, 0.2) is 34.8 Å². The van der Waals surface area contributed by atoms with E-state index in [4.69, 9.17) is 5.11 Å². The number of hydrogen-bond donors (Lipinski definition) is 3. The average Bonchev–Trinajstić information content (AvgIpc) is 2.34. The van der Waals surface area contributed by atoms with Crippen LogP contribution < -0.4 is 5.32 Å². The molecule has 1 rings (SSSR count). The molecule has 5 nitrogen and oxygen atoms in total. The summed E-state index contributed by atoms with van der Waals surface area (Å²) in [4.78, 5) is 22.4. The number of halogens is 1. The number of carbonyl (C=O) groups excluding carboxylic acids is 1. The Morgan fingerprint density at radius 1 is 1.37 bits per heavy atom. The van der Waals surface area contributed by atoms with E-state index in [2.05, 4.69) is 21.2 Å². The Labute approximate surface area is 119 Å². The third-order valence-electron chi connectivity index (χ3n) is 2.37. The molecule has 0 bridgehead atoms. The number of carboxylic acid groups (broad SMARTS) is 1. The number of amides is 1. The largest absolute Gasteiger partial charge is 0.480 e.